The minimum Gasteiger partial charge on any atom is -0.489 e. The van der Waals surface area contributed by atoms with Gasteiger partial charge in [0.05, 0.1) is 22.4 Å². The van der Waals surface area contributed by atoms with E-state index in [9.17, 15) is 19.8 Å². The number of carbonyl (C=O) groups excluding carboxylic acids is 2. The highest BCUT2D eigenvalue weighted by Crippen LogP contribution is 2.37. The lowest BCUT2D eigenvalue weighted by molar-refractivity contribution is -0.114. The Kier molecular flexibility index (Phi) is 3.62. The van der Waals surface area contributed by atoms with Crippen LogP contribution in [0.25, 0.3) is 11.0 Å². The number of nitrogens with one attached hydrogen (secondary N) is 2. The van der Waals surface area contributed by atoms with Crippen LogP contribution in [0.5, 0.6) is 11.8 Å². The normalized spacial score (nSPS) is 10.4. The molecule has 0 unspecified atom stereocenters. The van der Waals surface area contributed by atoms with Crippen molar-refractivity contribution in [1.29, 1.82) is 0 Å². The molecule has 1 heterocycles. The van der Waals surface area contributed by atoms with Crippen molar-refractivity contribution in [1.82, 2.24) is 9.97 Å². The zero-order valence-electron chi connectivity index (χ0n) is 11.7. The number of fused-ring (bicyclic) bond motifs is 1. The van der Waals surface area contributed by atoms with Gasteiger partial charge in [0, 0.05) is 18.1 Å². The molecule has 0 atom stereocenters. The Balaban J connectivity index is 2.89. The lowest BCUT2D eigenvalue weighted by Gasteiger charge is -2.17. The van der Waals surface area contributed by atoms with E-state index in [2.05, 4.69) is 20.6 Å². The molecule has 110 valence electrons. The van der Waals surface area contributed by atoms with Gasteiger partial charge in [-0.2, -0.15) is 0 Å². The molecule has 1 aromatic heterocycles. The van der Waals surface area contributed by atoms with Crippen LogP contribution in [0.3, 0.4) is 0 Å². The lowest BCUT2D eigenvalue weighted by atomic mass is 10.0. The van der Waals surface area contributed by atoms with Crippen molar-refractivity contribution in [3.05, 3.63) is 11.1 Å². The van der Waals surface area contributed by atoms with Gasteiger partial charge in [0.25, 0.3) is 11.8 Å². The van der Waals surface area contributed by atoms with Crippen molar-refractivity contribution in [3.63, 3.8) is 0 Å². The summed E-state index contributed by atoms with van der Waals surface area (Å²) in [6, 6.07) is 0. The Morgan fingerprint density at radius 3 is 1.95 bits per heavy atom. The van der Waals surface area contributed by atoms with Crippen LogP contribution in [-0.2, 0) is 9.59 Å². The maximum atomic E-state index is 11.3. The Hall–Kier alpha value is -2.90. The highest BCUT2D eigenvalue weighted by atomic mass is 16.3. The molecule has 1 aromatic carbocycles. The summed E-state index contributed by atoms with van der Waals surface area (Å²) in [6.45, 7) is 4.65. The van der Waals surface area contributed by atoms with E-state index in [0.717, 1.165) is 0 Å². The lowest BCUT2D eigenvalue weighted by Crippen LogP contribution is -2.12. The Morgan fingerprint density at radius 1 is 1.05 bits per heavy atom. The SMILES string of the molecule is CC(=O)Nc1c(NC=O)c(C)c2nc(O)c(O)nc2c1C. The highest BCUT2D eigenvalue weighted by molar-refractivity contribution is 6.03. The van der Waals surface area contributed by atoms with Gasteiger partial charge >= 0.3 is 0 Å². The van der Waals surface area contributed by atoms with E-state index in [-0.39, 0.29) is 5.91 Å². The van der Waals surface area contributed by atoms with Gasteiger partial charge in [0.15, 0.2) is 0 Å². The van der Waals surface area contributed by atoms with Crippen LogP contribution in [-0.4, -0.2) is 32.5 Å². The van der Waals surface area contributed by atoms with E-state index in [4.69, 9.17) is 0 Å². The third-order valence-electron chi connectivity index (χ3n) is 3.07. The first-order valence-corrected chi connectivity index (χ1v) is 6.07. The number of benzene rings is 1. The van der Waals surface area contributed by atoms with Crippen LogP contribution < -0.4 is 10.6 Å². The van der Waals surface area contributed by atoms with Gasteiger partial charge in [-0.1, -0.05) is 0 Å². The quantitative estimate of drug-likeness (QED) is 0.629. The Morgan fingerprint density at radius 2 is 1.52 bits per heavy atom. The summed E-state index contributed by atoms with van der Waals surface area (Å²) in [5.74, 6) is -1.52. The van der Waals surface area contributed by atoms with E-state index in [1.807, 2.05) is 0 Å². The number of nitrogens with zero attached hydrogens (tertiary/aromatic N) is 2. The van der Waals surface area contributed by atoms with Crippen molar-refractivity contribution in [3.8, 4) is 11.8 Å². The number of anilines is 2. The van der Waals surface area contributed by atoms with E-state index < -0.39 is 11.8 Å². The first-order valence-electron chi connectivity index (χ1n) is 6.07. The van der Waals surface area contributed by atoms with Crippen LogP contribution in [0.4, 0.5) is 11.4 Å². The average Bonchev–Trinajstić information content (AvgIpc) is 2.42. The first kappa shape index (κ1) is 14.5. The topological polar surface area (TPSA) is 124 Å². The fourth-order valence-electron chi connectivity index (χ4n) is 2.12. The number of hydrogen-bond donors (Lipinski definition) is 4. The van der Waals surface area contributed by atoms with E-state index in [1.165, 1.54) is 6.92 Å². The number of aromatic hydroxyl groups is 2. The highest BCUT2D eigenvalue weighted by Gasteiger charge is 2.19. The molecular formula is C13H14N4O4. The van der Waals surface area contributed by atoms with Crippen molar-refractivity contribution in [2.45, 2.75) is 20.8 Å². The van der Waals surface area contributed by atoms with Crippen LogP contribution in [0, 0.1) is 13.8 Å². The minimum atomic E-state index is -0.602. The molecule has 2 rings (SSSR count). The summed E-state index contributed by atoms with van der Waals surface area (Å²) in [5, 5.41) is 24.1. The molecule has 0 aliphatic heterocycles. The number of aryl methyl sites for hydroxylation is 2. The number of hydrogen-bond acceptors (Lipinski definition) is 6. The van der Waals surface area contributed by atoms with Gasteiger partial charge in [-0.05, 0) is 13.8 Å². The second-order valence-electron chi connectivity index (χ2n) is 4.51. The van der Waals surface area contributed by atoms with E-state index in [1.54, 1.807) is 13.8 Å². The molecule has 21 heavy (non-hydrogen) atoms. The van der Waals surface area contributed by atoms with Crippen molar-refractivity contribution < 1.29 is 19.8 Å². The molecule has 0 saturated heterocycles. The molecule has 0 spiro atoms. The molecule has 0 radical (unpaired) electrons. The van der Waals surface area contributed by atoms with Gasteiger partial charge in [0.1, 0.15) is 0 Å². The van der Waals surface area contributed by atoms with Crippen molar-refractivity contribution in [2.75, 3.05) is 10.6 Å². The molecule has 0 bridgehead atoms. The third kappa shape index (κ3) is 2.42. The Bertz CT molecular complexity index is 758. The standard InChI is InChI=1S/C13H14N4O4/c1-5-8(14-4-18)9(15-7(3)19)6(2)11-10(5)16-12(20)13(21)17-11/h4H,1-3H3,(H,14,18)(H,15,19)(H,16,20)(H,17,21). The van der Waals surface area contributed by atoms with Crippen molar-refractivity contribution >= 4 is 34.7 Å². The maximum absolute atomic E-state index is 11.3. The maximum Gasteiger partial charge on any atom is 0.276 e. The summed E-state index contributed by atoms with van der Waals surface area (Å²) in [5.41, 5.74) is 2.40. The molecule has 0 fully saturated rings. The predicted molar refractivity (Wildman–Crippen MR) is 76.3 cm³/mol. The summed E-state index contributed by atoms with van der Waals surface area (Å²) >= 11 is 0. The molecule has 0 aliphatic rings. The fourth-order valence-corrected chi connectivity index (χ4v) is 2.12. The van der Waals surface area contributed by atoms with Crippen LogP contribution >= 0.6 is 0 Å². The second-order valence-corrected chi connectivity index (χ2v) is 4.51. The average molecular weight is 290 g/mol. The molecule has 8 heteroatoms. The molecule has 0 saturated carbocycles. The third-order valence-corrected chi connectivity index (χ3v) is 3.07. The summed E-state index contributed by atoms with van der Waals surface area (Å²) in [4.78, 5) is 29.9. The molecular weight excluding hydrogens is 276 g/mol. The number of carbonyl (C=O) groups is 2. The number of aromatic nitrogens is 2. The fraction of sp³-hybridized carbons (Fsp3) is 0.231. The minimum absolute atomic E-state index is 0.318. The number of amides is 2. The predicted octanol–water partition coefficient (Wildman–Crippen LogP) is 1.18. The van der Waals surface area contributed by atoms with Gasteiger partial charge < -0.3 is 20.8 Å². The van der Waals surface area contributed by atoms with Gasteiger partial charge in [-0.3, -0.25) is 9.59 Å². The van der Waals surface area contributed by atoms with Gasteiger partial charge in [-0.25, -0.2) is 9.97 Å². The zero-order chi connectivity index (χ0) is 15.7. The van der Waals surface area contributed by atoms with Crippen LogP contribution in [0.1, 0.15) is 18.1 Å². The summed E-state index contributed by atoms with van der Waals surface area (Å²) in [6.07, 6.45) is 0.479. The first-order chi connectivity index (χ1) is 9.86. The smallest absolute Gasteiger partial charge is 0.276 e. The molecule has 2 amide bonds. The zero-order valence-corrected chi connectivity index (χ0v) is 11.7. The Labute approximate surface area is 119 Å². The van der Waals surface area contributed by atoms with Crippen molar-refractivity contribution in [2.24, 2.45) is 0 Å². The number of rotatable bonds is 3. The molecule has 0 aliphatic carbocycles. The largest absolute Gasteiger partial charge is 0.489 e. The molecule has 4 N–H and O–H groups in total. The van der Waals surface area contributed by atoms with E-state index in [0.29, 0.717) is 39.9 Å². The second kappa shape index (κ2) is 5.23. The van der Waals surface area contributed by atoms with Gasteiger partial charge in [-0.15, -0.1) is 0 Å². The van der Waals surface area contributed by atoms with E-state index >= 15 is 0 Å². The monoisotopic (exact) mass is 290 g/mol. The van der Waals surface area contributed by atoms with Gasteiger partial charge in [0.2, 0.25) is 12.3 Å². The van der Waals surface area contributed by atoms with Crippen LogP contribution in [0.15, 0.2) is 0 Å². The molecule has 2 aromatic rings. The summed E-state index contributed by atoms with van der Waals surface area (Å²) in [7, 11) is 0. The summed E-state index contributed by atoms with van der Waals surface area (Å²) < 4.78 is 0. The molecule has 8 nitrogen and oxygen atoms in total. The van der Waals surface area contributed by atoms with Crippen LogP contribution in [0.2, 0.25) is 0 Å².